The van der Waals surface area contributed by atoms with Gasteiger partial charge in [-0.3, -0.25) is 4.55 Å². The second kappa shape index (κ2) is 7.22. The third-order valence-corrected chi connectivity index (χ3v) is 4.85. The minimum atomic E-state index is -4.36. The number of hydrogen-bond acceptors (Lipinski definition) is 7. The molecule has 140 valence electrons. The van der Waals surface area contributed by atoms with E-state index in [2.05, 4.69) is 10.2 Å². The zero-order chi connectivity index (χ0) is 19.6. The number of methoxy groups -OCH3 is 2. The molecular weight excluding hydrogens is 370 g/mol. The van der Waals surface area contributed by atoms with Gasteiger partial charge in [-0.15, -0.1) is 10.2 Å². The molecule has 0 aliphatic heterocycles. The van der Waals surface area contributed by atoms with Gasteiger partial charge in [0.1, 0.15) is 22.1 Å². The summed E-state index contributed by atoms with van der Waals surface area (Å²) in [6.45, 7) is 0. The molecule has 0 atom stereocenters. The quantitative estimate of drug-likeness (QED) is 0.386. The van der Waals surface area contributed by atoms with Crippen LogP contribution in [0.1, 0.15) is 0 Å². The smallest absolute Gasteiger partial charge is 0.295 e. The maximum Gasteiger partial charge on any atom is 0.295 e. The number of nitrogens with two attached hydrogens (primary N) is 1. The van der Waals surface area contributed by atoms with Gasteiger partial charge in [-0.2, -0.15) is 8.42 Å². The van der Waals surface area contributed by atoms with Crippen molar-refractivity contribution >= 4 is 38.0 Å². The summed E-state index contributed by atoms with van der Waals surface area (Å²) in [5.74, 6) is 0.840. The van der Waals surface area contributed by atoms with Crippen molar-refractivity contribution in [2.75, 3.05) is 20.0 Å². The molecule has 0 unspecified atom stereocenters. The van der Waals surface area contributed by atoms with Crippen LogP contribution in [0.25, 0.3) is 10.8 Å². The molecular formula is C18H17N3O5S. The lowest BCUT2D eigenvalue weighted by molar-refractivity contribution is 0.406. The first-order valence-corrected chi connectivity index (χ1v) is 9.21. The van der Waals surface area contributed by atoms with Gasteiger partial charge >= 0.3 is 0 Å². The normalized spacial score (nSPS) is 11.8. The fraction of sp³-hybridized carbons (Fsp3) is 0.111. The fourth-order valence-electron chi connectivity index (χ4n) is 2.66. The van der Waals surface area contributed by atoms with Crippen LogP contribution in [0.15, 0.2) is 63.7 Å². The van der Waals surface area contributed by atoms with Crippen LogP contribution in [-0.4, -0.2) is 27.2 Å². The first-order chi connectivity index (χ1) is 12.8. The number of nitrogen functional groups attached to an aromatic ring is 1. The topological polar surface area (TPSA) is 124 Å². The Hall–Kier alpha value is -3.17. The highest BCUT2D eigenvalue weighted by Gasteiger charge is 2.16. The molecule has 0 radical (unpaired) electrons. The molecule has 8 nitrogen and oxygen atoms in total. The summed E-state index contributed by atoms with van der Waals surface area (Å²) >= 11 is 0. The van der Waals surface area contributed by atoms with Gasteiger partial charge in [0, 0.05) is 22.9 Å². The van der Waals surface area contributed by atoms with E-state index < -0.39 is 10.1 Å². The Morgan fingerprint density at radius 1 is 0.889 bits per heavy atom. The van der Waals surface area contributed by atoms with Crippen LogP contribution in [0, 0.1) is 0 Å². The zero-order valence-corrected chi connectivity index (χ0v) is 15.4. The van der Waals surface area contributed by atoms with Gasteiger partial charge < -0.3 is 15.2 Å². The fourth-order valence-corrected chi connectivity index (χ4v) is 3.35. The van der Waals surface area contributed by atoms with Crippen LogP contribution in [0.2, 0.25) is 0 Å². The lowest BCUT2D eigenvalue weighted by atomic mass is 10.1. The molecule has 0 aliphatic rings. The Balaban J connectivity index is 2.13. The van der Waals surface area contributed by atoms with Crippen LogP contribution in [0.5, 0.6) is 11.5 Å². The summed E-state index contributed by atoms with van der Waals surface area (Å²) in [6.07, 6.45) is 0. The summed E-state index contributed by atoms with van der Waals surface area (Å²) in [4.78, 5) is -0.191. The monoisotopic (exact) mass is 387 g/mol. The zero-order valence-electron chi connectivity index (χ0n) is 14.6. The van der Waals surface area contributed by atoms with E-state index in [0.717, 1.165) is 0 Å². The van der Waals surface area contributed by atoms with Crippen molar-refractivity contribution in [1.82, 2.24) is 0 Å². The van der Waals surface area contributed by atoms with E-state index in [1.165, 1.54) is 26.4 Å². The molecule has 0 heterocycles. The molecule has 3 rings (SSSR count). The Bertz CT molecular complexity index is 1140. The number of ether oxygens (including phenoxy) is 2. The number of anilines is 1. The standard InChI is InChI=1S/C18H17N3O5S/c1-25-16-10-15(17(26-2)9-13(16)19)21-20-14-7-8-18(27(22,23)24)12-6-4-3-5-11(12)14/h3-10H,19H2,1-2H3,(H,22,23,24). The average Bonchev–Trinajstić information content (AvgIpc) is 2.65. The largest absolute Gasteiger partial charge is 0.495 e. The molecule has 3 N–H and O–H groups in total. The summed E-state index contributed by atoms with van der Waals surface area (Å²) in [6, 6.07) is 12.6. The van der Waals surface area contributed by atoms with Crippen LogP contribution in [0.3, 0.4) is 0 Å². The minimum Gasteiger partial charge on any atom is -0.495 e. The van der Waals surface area contributed by atoms with Crippen molar-refractivity contribution in [2.45, 2.75) is 4.90 Å². The third kappa shape index (κ3) is 3.69. The Kier molecular flexibility index (Phi) is 4.98. The van der Waals surface area contributed by atoms with Crippen molar-refractivity contribution in [1.29, 1.82) is 0 Å². The summed E-state index contributed by atoms with van der Waals surface area (Å²) < 4.78 is 43.0. The summed E-state index contributed by atoms with van der Waals surface area (Å²) in [7, 11) is -1.39. The molecule has 0 aromatic heterocycles. The second-order valence-electron chi connectivity index (χ2n) is 5.57. The van der Waals surface area contributed by atoms with Crippen molar-refractivity contribution in [3.63, 3.8) is 0 Å². The number of azo groups is 1. The maximum atomic E-state index is 11.6. The molecule has 0 saturated heterocycles. The van der Waals surface area contributed by atoms with Crippen molar-refractivity contribution in [2.24, 2.45) is 10.2 Å². The van der Waals surface area contributed by atoms with Crippen LogP contribution in [0.4, 0.5) is 17.1 Å². The lowest BCUT2D eigenvalue weighted by Gasteiger charge is -2.09. The second-order valence-corrected chi connectivity index (χ2v) is 6.96. The van der Waals surface area contributed by atoms with Crippen LogP contribution >= 0.6 is 0 Å². The van der Waals surface area contributed by atoms with E-state index in [1.54, 1.807) is 36.4 Å². The summed E-state index contributed by atoms with van der Waals surface area (Å²) in [5.41, 5.74) is 7.08. The molecule has 3 aromatic carbocycles. The van der Waals surface area contributed by atoms with E-state index in [0.29, 0.717) is 39.3 Å². The molecule has 0 aliphatic carbocycles. The predicted octanol–water partition coefficient (Wildman–Crippen LogP) is 4.10. The molecule has 3 aromatic rings. The van der Waals surface area contributed by atoms with E-state index >= 15 is 0 Å². The molecule has 0 fully saturated rings. The average molecular weight is 387 g/mol. The maximum absolute atomic E-state index is 11.6. The lowest BCUT2D eigenvalue weighted by Crippen LogP contribution is -1.98. The number of fused-ring (bicyclic) bond motifs is 1. The van der Waals surface area contributed by atoms with E-state index in [1.807, 2.05) is 0 Å². The van der Waals surface area contributed by atoms with E-state index in [-0.39, 0.29) is 4.90 Å². The Morgan fingerprint density at radius 3 is 2.15 bits per heavy atom. The number of benzene rings is 3. The van der Waals surface area contributed by atoms with Crippen LogP contribution < -0.4 is 15.2 Å². The predicted molar refractivity (Wildman–Crippen MR) is 102 cm³/mol. The highest BCUT2D eigenvalue weighted by molar-refractivity contribution is 7.86. The van der Waals surface area contributed by atoms with E-state index in [9.17, 15) is 13.0 Å². The van der Waals surface area contributed by atoms with Crippen molar-refractivity contribution < 1.29 is 22.4 Å². The molecule has 9 heteroatoms. The highest BCUT2D eigenvalue weighted by Crippen LogP contribution is 2.38. The first-order valence-electron chi connectivity index (χ1n) is 7.77. The summed E-state index contributed by atoms with van der Waals surface area (Å²) in [5, 5.41) is 9.28. The Morgan fingerprint density at radius 2 is 1.52 bits per heavy atom. The van der Waals surface area contributed by atoms with E-state index in [4.69, 9.17) is 15.2 Å². The molecule has 0 spiro atoms. The minimum absolute atomic E-state index is 0.191. The van der Waals surface area contributed by atoms with Gasteiger partial charge in [0.05, 0.1) is 25.6 Å². The van der Waals surface area contributed by atoms with Crippen molar-refractivity contribution in [3.05, 3.63) is 48.5 Å². The number of nitrogens with zero attached hydrogens (tertiary/aromatic N) is 2. The molecule has 0 saturated carbocycles. The molecule has 0 amide bonds. The van der Waals surface area contributed by atoms with Gasteiger partial charge in [0.2, 0.25) is 0 Å². The van der Waals surface area contributed by atoms with Gasteiger partial charge in [-0.1, -0.05) is 24.3 Å². The number of hydrogen-bond donors (Lipinski definition) is 2. The highest BCUT2D eigenvalue weighted by atomic mass is 32.2. The first kappa shape index (κ1) is 18.6. The van der Waals surface area contributed by atoms with Gasteiger partial charge in [0.15, 0.2) is 0 Å². The van der Waals surface area contributed by atoms with Gasteiger partial charge in [0.25, 0.3) is 10.1 Å². The van der Waals surface area contributed by atoms with Gasteiger partial charge in [-0.05, 0) is 12.1 Å². The van der Waals surface area contributed by atoms with Crippen LogP contribution in [-0.2, 0) is 10.1 Å². The Labute approximate surface area is 156 Å². The SMILES string of the molecule is COc1cc(N=Nc2ccc(S(=O)(=O)O)c3ccccc23)c(OC)cc1N. The molecule has 27 heavy (non-hydrogen) atoms. The van der Waals surface area contributed by atoms with Crippen molar-refractivity contribution in [3.8, 4) is 11.5 Å². The van der Waals surface area contributed by atoms with Gasteiger partial charge in [-0.25, -0.2) is 0 Å². The molecule has 0 bridgehead atoms. The third-order valence-electron chi connectivity index (χ3n) is 3.94. The number of rotatable bonds is 5.